The van der Waals surface area contributed by atoms with E-state index in [2.05, 4.69) is 33.6 Å². The summed E-state index contributed by atoms with van der Waals surface area (Å²) >= 11 is 0. The first-order chi connectivity index (χ1) is 12.7. The lowest BCUT2D eigenvalue weighted by Crippen LogP contribution is -2.33. The van der Waals surface area contributed by atoms with Crippen molar-refractivity contribution in [2.24, 2.45) is 0 Å². The van der Waals surface area contributed by atoms with Gasteiger partial charge in [0, 0.05) is 48.5 Å². The molecule has 1 aliphatic rings. The van der Waals surface area contributed by atoms with Crippen LogP contribution in [0.15, 0.2) is 43.1 Å². The highest BCUT2D eigenvalue weighted by atomic mass is 16.5. The third kappa shape index (κ3) is 3.45. The molecule has 26 heavy (non-hydrogen) atoms. The highest BCUT2D eigenvalue weighted by molar-refractivity contribution is 5.85. The molecule has 1 saturated carbocycles. The molecular weight excluding hydrogens is 328 g/mol. The fourth-order valence-electron chi connectivity index (χ4n) is 3.93. The van der Waals surface area contributed by atoms with Crippen LogP contribution in [0.3, 0.4) is 0 Å². The number of nitrogens with zero attached hydrogens (tertiary/aromatic N) is 2. The minimum Gasteiger partial charge on any atom is -0.497 e. The number of aryl methyl sites for hydroxylation is 1. The van der Waals surface area contributed by atoms with Gasteiger partial charge in [0.2, 0.25) is 5.91 Å². The molecule has 1 aliphatic carbocycles. The van der Waals surface area contributed by atoms with E-state index in [1.54, 1.807) is 19.6 Å². The molecular formula is C20H24N4O2. The summed E-state index contributed by atoms with van der Waals surface area (Å²) in [4.78, 5) is 19.6. The van der Waals surface area contributed by atoms with Gasteiger partial charge in [0.1, 0.15) is 5.75 Å². The number of nitrogens with one attached hydrogen (secondary N) is 2. The van der Waals surface area contributed by atoms with E-state index in [0.717, 1.165) is 30.5 Å². The van der Waals surface area contributed by atoms with Gasteiger partial charge in [-0.25, -0.2) is 4.98 Å². The van der Waals surface area contributed by atoms with Crippen LogP contribution in [0.5, 0.6) is 5.75 Å². The second-order valence-electron chi connectivity index (χ2n) is 6.98. The number of benzene rings is 1. The van der Waals surface area contributed by atoms with Crippen LogP contribution in [0.2, 0.25) is 0 Å². The van der Waals surface area contributed by atoms with Gasteiger partial charge in [-0.1, -0.05) is 0 Å². The zero-order chi connectivity index (χ0) is 17.9. The number of hydrogen-bond donors (Lipinski definition) is 2. The molecule has 3 aromatic rings. The van der Waals surface area contributed by atoms with Crippen molar-refractivity contribution < 1.29 is 9.53 Å². The van der Waals surface area contributed by atoms with Crippen LogP contribution in [0.25, 0.3) is 10.9 Å². The molecule has 1 fully saturated rings. The van der Waals surface area contributed by atoms with Crippen molar-refractivity contribution in [3.63, 3.8) is 0 Å². The van der Waals surface area contributed by atoms with Crippen LogP contribution in [0, 0.1) is 0 Å². The summed E-state index contributed by atoms with van der Waals surface area (Å²) in [5.41, 5.74) is 2.46. The van der Waals surface area contributed by atoms with Crippen molar-refractivity contribution in [3.05, 3.63) is 48.7 Å². The van der Waals surface area contributed by atoms with Crippen LogP contribution in [0.1, 0.15) is 37.2 Å². The molecule has 1 aromatic carbocycles. The van der Waals surface area contributed by atoms with E-state index >= 15 is 0 Å². The predicted molar refractivity (Wildman–Crippen MR) is 100 cm³/mol. The zero-order valence-corrected chi connectivity index (χ0v) is 14.9. The molecule has 6 heteroatoms. The molecule has 4 rings (SSSR count). The van der Waals surface area contributed by atoms with Crippen molar-refractivity contribution in [2.45, 2.75) is 44.2 Å². The van der Waals surface area contributed by atoms with Gasteiger partial charge in [-0.3, -0.25) is 4.79 Å². The number of amides is 1. The van der Waals surface area contributed by atoms with Gasteiger partial charge in [0.25, 0.3) is 0 Å². The Morgan fingerprint density at radius 1 is 1.42 bits per heavy atom. The van der Waals surface area contributed by atoms with Crippen molar-refractivity contribution >= 4 is 16.8 Å². The van der Waals surface area contributed by atoms with E-state index in [-0.39, 0.29) is 11.9 Å². The molecule has 2 heterocycles. The first-order valence-electron chi connectivity index (χ1n) is 9.13. The Labute approximate surface area is 152 Å². The lowest BCUT2D eigenvalue weighted by atomic mass is 9.97. The van der Waals surface area contributed by atoms with E-state index in [9.17, 15) is 4.79 Å². The Hall–Kier alpha value is -2.76. The average Bonchev–Trinajstić information content (AvgIpc) is 3.39. The van der Waals surface area contributed by atoms with E-state index < -0.39 is 0 Å². The number of H-pyrrole nitrogens is 1. The van der Waals surface area contributed by atoms with Crippen LogP contribution < -0.4 is 10.1 Å². The van der Waals surface area contributed by atoms with Gasteiger partial charge >= 0.3 is 0 Å². The maximum Gasteiger partial charge on any atom is 0.222 e. The summed E-state index contributed by atoms with van der Waals surface area (Å²) in [5.74, 6) is 1.46. The van der Waals surface area contributed by atoms with E-state index in [4.69, 9.17) is 4.74 Å². The van der Waals surface area contributed by atoms with Gasteiger partial charge in [-0.15, -0.1) is 0 Å². The number of aromatic amines is 1. The number of carbonyl (C=O) groups excluding carboxylic acids is 1. The molecule has 0 unspecified atom stereocenters. The Morgan fingerprint density at radius 2 is 2.35 bits per heavy atom. The zero-order valence-electron chi connectivity index (χ0n) is 14.9. The molecule has 1 amide bonds. The minimum atomic E-state index is 0.116. The van der Waals surface area contributed by atoms with Crippen molar-refractivity contribution in [1.29, 1.82) is 0 Å². The van der Waals surface area contributed by atoms with Gasteiger partial charge in [0.15, 0.2) is 0 Å². The second-order valence-corrected chi connectivity index (χ2v) is 6.98. The molecule has 6 nitrogen and oxygen atoms in total. The third-order valence-electron chi connectivity index (χ3n) is 5.31. The summed E-state index contributed by atoms with van der Waals surface area (Å²) in [6, 6.07) is 6.38. The molecule has 0 saturated heterocycles. The molecule has 2 atom stereocenters. The summed E-state index contributed by atoms with van der Waals surface area (Å²) in [7, 11) is 1.69. The Morgan fingerprint density at radius 3 is 3.15 bits per heavy atom. The summed E-state index contributed by atoms with van der Waals surface area (Å²) in [6.07, 6.45) is 11.1. The number of methoxy groups -OCH3 is 1. The number of imidazole rings is 1. The molecule has 136 valence electrons. The standard InChI is InChI=1S/C20H24N4O2/c1-26-16-4-5-19-17(11-16)18(12-22-19)14-2-3-15(10-14)23-20(25)6-8-24-9-7-21-13-24/h4-5,7,9,11-15,22H,2-3,6,8,10H2,1H3,(H,23,25)/t14-,15+/m0/s1. The fraction of sp³-hybridized carbons (Fsp3) is 0.400. The summed E-state index contributed by atoms with van der Waals surface area (Å²) in [5, 5.41) is 4.42. The maximum atomic E-state index is 12.2. The molecule has 2 aromatic heterocycles. The lowest BCUT2D eigenvalue weighted by molar-refractivity contribution is -0.122. The minimum absolute atomic E-state index is 0.116. The molecule has 0 aliphatic heterocycles. The summed E-state index contributed by atoms with van der Waals surface area (Å²) in [6.45, 7) is 0.671. The van der Waals surface area contributed by atoms with E-state index in [1.807, 2.05) is 16.8 Å². The quantitative estimate of drug-likeness (QED) is 0.715. The number of rotatable bonds is 6. The molecule has 0 bridgehead atoms. The van der Waals surface area contributed by atoms with E-state index in [0.29, 0.717) is 18.9 Å². The van der Waals surface area contributed by atoms with Gasteiger partial charge < -0.3 is 19.6 Å². The summed E-state index contributed by atoms with van der Waals surface area (Å²) < 4.78 is 7.29. The van der Waals surface area contributed by atoms with Crippen LogP contribution in [0.4, 0.5) is 0 Å². The largest absolute Gasteiger partial charge is 0.497 e. The smallest absolute Gasteiger partial charge is 0.222 e. The van der Waals surface area contributed by atoms with Crippen molar-refractivity contribution in [1.82, 2.24) is 19.9 Å². The van der Waals surface area contributed by atoms with Crippen LogP contribution in [-0.2, 0) is 11.3 Å². The van der Waals surface area contributed by atoms with E-state index in [1.165, 1.54) is 10.9 Å². The van der Waals surface area contributed by atoms with Crippen LogP contribution >= 0.6 is 0 Å². The lowest BCUT2D eigenvalue weighted by Gasteiger charge is -2.14. The topological polar surface area (TPSA) is 71.9 Å². The SMILES string of the molecule is COc1ccc2[nH]cc([C@H]3CC[C@@H](NC(=O)CCn4ccnc4)C3)c2c1. The maximum absolute atomic E-state index is 12.2. The fourth-order valence-corrected chi connectivity index (χ4v) is 3.93. The molecule has 0 radical (unpaired) electrons. The Kier molecular flexibility index (Phi) is 4.65. The number of hydrogen-bond acceptors (Lipinski definition) is 3. The normalized spacial score (nSPS) is 19.7. The van der Waals surface area contributed by atoms with Crippen LogP contribution in [-0.4, -0.2) is 33.6 Å². The highest BCUT2D eigenvalue weighted by Gasteiger charge is 2.28. The third-order valence-corrected chi connectivity index (χ3v) is 5.31. The average molecular weight is 352 g/mol. The van der Waals surface area contributed by atoms with Gasteiger partial charge in [0.05, 0.1) is 13.4 Å². The van der Waals surface area contributed by atoms with Gasteiger partial charge in [-0.05, 0) is 48.9 Å². The first-order valence-corrected chi connectivity index (χ1v) is 9.13. The second kappa shape index (κ2) is 7.23. The number of carbonyl (C=O) groups is 1. The monoisotopic (exact) mass is 352 g/mol. The highest BCUT2D eigenvalue weighted by Crippen LogP contribution is 2.38. The van der Waals surface area contributed by atoms with Crippen molar-refractivity contribution in [2.75, 3.05) is 7.11 Å². The Balaban J connectivity index is 1.37. The number of fused-ring (bicyclic) bond motifs is 1. The first kappa shape index (κ1) is 16.7. The number of ether oxygens (including phenoxy) is 1. The molecule has 0 spiro atoms. The number of aromatic nitrogens is 3. The molecule has 2 N–H and O–H groups in total. The Bertz CT molecular complexity index is 884. The van der Waals surface area contributed by atoms with Crippen molar-refractivity contribution in [3.8, 4) is 5.75 Å². The predicted octanol–water partition coefficient (Wildman–Crippen LogP) is 3.22. The van der Waals surface area contributed by atoms with Gasteiger partial charge in [-0.2, -0.15) is 0 Å².